The summed E-state index contributed by atoms with van der Waals surface area (Å²) >= 11 is 0. The summed E-state index contributed by atoms with van der Waals surface area (Å²) in [5, 5.41) is 0. The van der Waals surface area contributed by atoms with Gasteiger partial charge < -0.3 is 4.90 Å². The van der Waals surface area contributed by atoms with Crippen LogP contribution in [-0.4, -0.2) is 23.1 Å². The van der Waals surface area contributed by atoms with E-state index in [9.17, 15) is 14.0 Å². The number of carbonyl (C=O) groups excluding carboxylic acids is 2. The molecule has 0 aliphatic rings. The molecule has 0 bridgehead atoms. The lowest BCUT2D eigenvalue weighted by Gasteiger charge is -2.31. The van der Waals surface area contributed by atoms with Crippen molar-refractivity contribution in [3.8, 4) is 0 Å². The van der Waals surface area contributed by atoms with Crippen molar-refractivity contribution < 1.29 is 14.0 Å². The molecular formula is C17H24FNO2. The predicted molar refractivity (Wildman–Crippen MR) is 81.2 cm³/mol. The Balaban J connectivity index is 2.94. The Hall–Kier alpha value is -1.71. The fraction of sp³-hybridized carbons (Fsp3) is 0.529. The molecule has 0 aliphatic carbocycles. The van der Waals surface area contributed by atoms with E-state index in [0.717, 1.165) is 0 Å². The van der Waals surface area contributed by atoms with Crippen LogP contribution in [0.5, 0.6) is 0 Å². The van der Waals surface area contributed by atoms with Crippen LogP contribution >= 0.6 is 0 Å². The Morgan fingerprint density at radius 3 is 2.38 bits per heavy atom. The molecule has 0 saturated carbocycles. The Morgan fingerprint density at radius 1 is 1.24 bits per heavy atom. The first-order valence-electron chi connectivity index (χ1n) is 7.30. The topological polar surface area (TPSA) is 37.4 Å². The third kappa shape index (κ3) is 4.96. The number of ketones is 1. The fourth-order valence-corrected chi connectivity index (χ4v) is 1.96. The minimum absolute atomic E-state index is 0.0237. The molecule has 21 heavy (non-hydrogen) atoms. The summed E-state index contributed by atoms with van der Waals surface area (Å²) in [5.41, 5.74) is -0.0384. The molecule has 0 saturated heterocycles. The number of halogens is 1. The van der Waals surface area contributed by atoms with Gasteiger partial charge >= 0.3 is 0 Å². The summed E-state index contributed by atoms with van der Waals surface area (Å²) in [6.45, 7) is 7.71. The van der Waals surface area contributed by atoms with Gasteiger partial charge in [-0.1, -0.05) is 39.0 Å². The van der Waals surface area contributed by atoms with Crippen molar-refractivity contribution in [2.75, 3.05) is 6.54 Å². The highest BCUT2D eigenvalue weighted by Crippen LogP contribution is 2.24. The van der Waals surface area contributed by atoms with Crippen molar-refractivity contribution in [3.05, 3.63) is 35.6 Å². The largest absolute Gasteiger partial charge is 0.337 e. The summed E-state index contributed by atoms with van der Waals surface area (Å²) in [6.07, 6.45) is 0.986. The molecule has 0 aliphatic heterocycles. The van der Waals surface area contributed by atoms with Gasteiger partial charge in [0.2, 0.25) is 5.91 Å². The minimum Gasteiger partial charge on any atom is -0.337 e. The van der Waals surface area contributed by atoms with Crippen LogP contribution in [0.25, 0.3) is 0 Å². The standard InChI is InChI=1S/C17H24FNO2/c1-5-17(3,4)16(21)19(11-10-13(2)20)12-14-8-6-7-9-15(14)18/h6-9H,5,10-12H2,1-4H3. The number of hydrogen-bond donors (Lipinski definition) is 0. The molecule has 0 radical (unpaired) electrons. The van der Waals surface area contributed by atoms with Crippen LogP contribution in [0.4, 0.5) is 4.39 Å². The van der Waals surface area contributed by atoms with E-state index >= 15 is 0 Å². The summed E-state index contributed by atoms with van der Waals surface area (Å²) in [5.74, 6) is -0.349. The van der Waals surface area contributed by atoms with Gasteiger partial charge in [-0.2, -0.15) is 0 Å². The number of carbonyl (C=O) groups is 2. The molecule has 3 nitrogen and oxygen atoms in total. The van der Waals surface area contributed by atoms with Gasteiger partial charge in [-0.25, -0.2) is 4.39 Å². The molecule has 0 heterocycles. The number of Topliss-reactive ketones (excluding diaryl/α,β-unsaturated/α-hetero) is 1. The highest BCUT2D eigenvalue weighted by molar-refractivity contribution is 5.83. The molecule has 4 heteroatoms. The smallest absolute Gasteiger partial charge is 0.228 e. The maximum atomic E-state index is 13.8. The highest BCUT2D eigenvalue weighted by Gasteiger charge is 2.30. The van der Waals surface area contributed by atoms with Gasteiger partial charge in [0, 0.05) is 30.5 Å². The second-order valence-corrected chi connectivity index (χ2v) is 6.01. The van der Waals surface area contributed by atoms with Gasteiger partial charge in [0.05, 0.1) is 0 Å². The number of rotatable bonds is 7. The summed E-state index contributed by atoms with van der Waals surface area (Å²) in [6, 6.07) is 6.42. The van der Waals surface area contributed by atoms with Crippen LogP contribution in [0.3, 0.4) is 0 Å². The minimum atomic E-state index is -0.512. The Kier molecular flexibility index (Phi) is 6.06. The second kappa shape index (κ2) is 7.34. The van der Waals surface area contributed by atoms with Crippen molar-refractivity contribution >= 4 is 11.7 Å². The van der Waals surface area contributed by atoms with E-state index in [2.05, 4.69) is 0 Å². The SMILES string of the molecule is CCC(C)(C)C(=O)N(CCC(C)=O)Cc1ccccc1F. The third-order valence-electron chi connectivity index (χ3n) is 3.80. The molecule has 0 unspecified atom stereocenters. The maximum absolute atomic E-state index is 13.8. The quantitative estimate of drug-likeness (QED) is 0.770. The first kappa shape index (κ1) is 17.3. The van der Waals surface area contributed by atoms with Crippen molar-refractivity contribution in [3.63, 3.8) is 0 Å². The predicted octanol–water partition coefficient (Wildman–Crippen LogP) is 3.57. The zero-order chi connectivity index (χ0) is 16.0. The van der Waals surface area contributed by atoms with Crippen molar-refractivity contribution in [2.24, 2.45) is 5.41 Å². The molecule has 1 rings (SSSR count). The van der Waals surface area contributed by atoms with Crippen LogP contribution < -0.4 is 0 Å². The first-order valence-corrected chi connectivity index (χ1v) is 7.30. The maximum Gasteiger partial charge on any atom is 0.228 e. The van der Waals surface area contributed by atoms with Gasteiger partial charge in [-0.05, 0) is 19.4 Å². The Bertz CT molecular complexity index is 511. The van der Waals surface area contributed by atoms with Gasteiger partial charge in [-0.3, -0.25) is 9.59 Å². The summed E-state index contributed by atoms with van der Waals surface area (Å²) in [4.78, 5) is 25.4. The number of amides is 1. The number of benzene rings is 1. The normalized spacial score (nSPS) is 11.3. The second-order valence-electron chi connectivity index (χ2n) is 6.01. The van der Waals surface area contributed by atoms with Gasteiger partial charge in [0.1, 0.15) is 11.6 Å². The lowest BCUT2D eigenvalue weighted by molar-refractivity contribution is -0.141. The molecule has 116 valence electrons. The molecule has 0 aromatic heterocycles. The molecular weight excluding hydrogens is 269 g/mol. The zero-order valence-electron chi connectivity index (χ0n) is 13.3. The number of nitrogens with zero attached hydrogens (tertiary/aromatic N) is 1. The lowest BCUT2D eigenvalue weighted by Crippen LogP contribution is -2.41. The van der Waals surface area contributed by atoms with Gasteiger partial charge in [0.15, 0.2) is 0 Å². The first-order chi connectivity index (χ1) is 9.77. The molecule has 0 atom stereocenters. The van der Waals surface area contributed by atoms with Crippen LogP contribution in [0, 0.1) is 11.2 Å². The van der Waals surface area contributed by atoms with Crippen molar-refractivity contribution in [1.82, 2.24) is 4.90 Å². The molecule has 0 fully saturated rings. The van der Waals surface area contributed by atoms with Crippen molar-refractivity contribution in [2.45, 2.75) is 47.1 Å². The molecule has 0 N–H and O–H groups in total. The molecule has 1 aromatic rings. The summed E-state index contributed by atoms with van der Waals surface area (Å²) < 4.78 is 13.8. The van der Waals surface area contributed by atoms with E-state index in [1.807, 2.05) is 20.8 Å². The fourth-order valence-electron chi connectivity index (χ4n) is 1.96. The molecule has 1 aromatic carbocycles. The molecule has 0 spiro atoms. The van der Waals surface area contributed by atoms with E-state index in [0.29, 0.717) is 24.9 Å². The Morgan fingerprint density at radius 2 is 1.86 bits per heavy atom. The van der Waals surface area contributed by atoms with Crippen LogP contribution in [0.2, 0.25) is 0 Å². The molecule has 1 amide bonds. The monoisotopic (exact) mass is 293 g/mol. The number of hydrogen-bond acceptors (Lipinski definition) is 2. The Labute approximate surface area is 126 Å². The van der Waals surface area contributed by atoms with Gasteiger partial charge in [0.25, 0.3) is 0 Å². The van der Waals surface area contributed by atoms with Gasteiger partial charge in [-0.15, -0.1) is 0 Å². The van der Waals surface area contributed by atoms with Crippen LogP contribution in [0.1, 0.15) is 46.1 Å². The van der Waals surface area contributed by atoms with Crippen molar-refractivity contribution in [1.29, 1.82) is 0 Å². The van der Waals surface area contributed by atoms with E-state index in [-0.39, 0.29) is 24.1 Å². The van der Waals surface area contributed by atoms with Crippen LogP contribution in [0.15, 0.2) is 24.3 Å². The van der Waals surface area contributed by atoms with E-state index in [1.165, 1.54) is 13.0 Å². The van der Waals surface area contributed by atoms with Crippen LogP contribution in [-0.2, 0) is 16.1 Å². The average Bonchev–Trinajstić information content (AvgIpc) is 2.44. The van der Waals surface area contributed by atoms with E-state index in [4.69, 9.17) is 0 Å². The third-order valence-corrected chi connectivity index (χ3v) is 3.80. The summed E-state index contributed by atoms with van der Waals surface area (Å²) in [7, 11) is 0. The zero-order valence-corrected chi connectivity index (χ0v) is 13.3. The average molecular weight is 293 g/mol. The van der Waals surface area contributed by atoms with E-state index in [1.54, 1.807) is 23.1 Å². The van der Waals surface area contributed by atoms with E-state index < -0.39 is 5.41 Å². The lowest BCUT2D eigenvalue weighted by atomic mass is 9.88. The highest BCUT2D eigenvalue weighted by atomic mass is 19.1.